The molecular formula is C30H37ClF4N10O12S4. The lowest BCUT2D eigenvalue weighted by atomic mass is 10.4. The highest BCUT2D eigenvalue weighted by Crippen LogP contribution is 2.30. The van der Waals surface area contributed by atoms with E-state index in [0.29, 0.717) is 0 Å². The van der Waals surface area contributed by atoms with Crippen LogP contribution in [0.25, 0.3) is 0 Å². The minimum atomic E-state index is -3.94. The molecule has 0 bridgehead atoms. The van der Waals surface area contributed by atoms with Crippen molar-refractivity contribution in [3.63, 3.8) is 0 Å². The molecule has 4 aromatic rings. The van der Waals surface area contributed by atoms with Gasteiger partial charge in [-0.15, -0.1) is 0 Å². The molecule has 2 aromatic heterocycles. The topological polar surface area (TPSA) is 283 Å². The molecule has 0 spiro atoms. The molecule has 4 unspecified atom stereocenters. The molecule has 22 nitrogen and oxygen atoms in total. The normalized spacial score (nSPS) is 12.6. The summed E-state index contributed by atoms with van der Waals surface area (Å²) in [5.41, 5.74) is 3.54. The Hall–Kier alpha value is -4.95. The number of hydrogen-bond donors (Lipinski definition) is 4. The molecule has 0 saturated carbocycles. The minimum Gasteiger partial charge on any atom is -0.467 e. The molecular weight excluding hydrogens is 932 g/mol. The summed E-state index contributed by atoms with van der Waals surface area (Å²) in [6.07, 6.45) is -3.03. The molecule has 4 atom stereocenters. The van der Waals surface area contributed by atoms with E-state index >= 15 is 0 Å². The van der Waals surface area contributed by atoms with E-state index in [4.69, 9.17) is 20.2 Å². The summed E-state index contributed by atoms with van der Waals surface area (Å²) in [5, 5.41) is 0.0111. The third kappa shape index (κ3) is 17.9. The lowest BCUT2D eigenvalue weighted by Crippen LogP contribution is -2.31. The fourth-order valence-corrected chi connectivity index (χ4v) is 6.80. The molecule has 0 fully saturated rings. The summed E-state index contributed by atoms with van der Waals surface area (Å²) in [7, 11) is 4.62. The molecule has 4 N–H and O–H groups in total. The number of ether oxygens (including phenoxy) is 2. The van der Waals surface area contributed by atoms with E-state index in [1.165, 1.54) is 56.7 Å². The Morgan fingerprint density at radius 3 is 1.31 bits per heavy atom. The Bertz CT molecular complexity index is 2150. The van der Waals surface area contributed by atoms with Crippen LogP contribution in [0.5, 0.6) is 12.0 Å². The van der Waals surface area contributed by atoms with Crippen molar-refractivity contribution in [3.8, 4) is 12.0 Å². The Morgan fingerprint density at radius 1 is 0.607 bits per heavy atom. The number of hydrogen-bond acceptors (Lipinski definition) is 18. The van der Waals surface area contributed by atoms with Gasteiger partial charge in [0.15, 0.2) is 22.2 Å². The predicted molar refractivity (Wildman–Crippen MR) is 209 cm³/mol. The summed E-state index contributed by atoms with van der Waals surface area (Å²) in [4.78, 5) is 44.1. The van der Waals surface area contributed by atoms with Crippen molar-refractivity contribution < 1.29 is 70.4 Å². The number of nitrogens with zero attached hydrogens (tertiary/aromatic N) is 6. The SMILES string of the molecule is CC.CC.COc1nc(NC(=O)NOS(=O)c2ccccc2S(=O)OC)nc(C(F)(F)Cl)n1.COc1nc(NC(=O)NOS(=O)c2ccccc2S(=O)OC)nc(C(F)F)n1. The second-order valence-electron chi connectivity index (χ2n) is 9.22. The third-order valence-electron chi connectivity index (χ3n) is 5.65. The average molecular weight is 969 g/mol. The average Bonchev–Trinajstić information content (AvgIpc) is 3.27. The van der Waals surface area contributed by atoms with Gasteiger partial charge >= 0.3 is 29.5 Å². The van der Waals surface area contributed by atoms with Gasteiger partial charge in [0.05, 0.1) is 48.0 Å². The van der Waals surface area contributed by atoms with Gasteiger partial charge in [0.1, 0.15) is 0 Å². The number of hydroxylamine groups is 2. The van der Waals surface area contributed by atoms with Gasteiger partial charge in [-0.1, -0.05) is 52.0 Å². The van der Waals surface area contributed by atoms with Crippen LogP contribution in [0.3, 0.4) is 0 Å². The molecule has 2 heterocycles. The Balaban J connectivity index is 0.000000564. The van der Waals surface area contributed by atoms with E-state index in [1.807, 2.05) is 38.3 Å². The third-order valence-corrected chi connectivity index (χ3v) is 10.0. The van der Waals surface area contributed by atoms with Gasteiger partial charge in [-0.2, -0.15) is 47.3 Å². The number of methoxy groups -OCH3 is 2. The van der Waals surface area contributed by atoms with E-state index in [0.717, 1.165) is 14.2 Å². The molecule has 338 valence electrons. The monoisotopic (exact) mass is 968 g/mol. The van der Waals surface area contributed by atoms with Crippen molar-refractivity contribution in [2.24, 2.45) is 0 Å². The number of carbonyl (C=O) groups is 2. The minimum absolute atomic E-state index is 0.00944. The fourth-order valence-electron chi connectivity index (χ4n) is 3.37. The highest BCUT2D eigenvalue weighted by molar-refractivity contribution is 7.84. The maximum Gasteiger partial charge on any atom is 0.382 e. The zero-order valence-corrected chi connectivity index (χ0v) is 36.8. The largest absolute Gasteiger partial charge is 0.467 e. The number of nitrogens with one attached hydrogen (secondary N) is 4. The molecule has 0 aliphatic carbocycles. The van der Waals surface area contributed by atoms with Crippen molar-refractivity contribution in [3.05, 3.63) is 60.2 Å². The van der Waals surface area contributed by atoms with Gasteiger partial charge in [0.2, 0.25) is 45.7 Å². The van der Waals surface area contributed by atoms with E-state index < -0.39 is 104 Å². The number of carbonyl (C=O) groups excluding carboxylic acids is 2. The van der Waals surface area contributed by atoms with Crippen LogP contribution in [-0.4, -0.2) is 87.2 Å². The maximum absolute atomic E-state index is 13.2. The van der Waals surface area contributed by atoms with E-state index in [2.05, 4.69) is 47.7 Å². The highest BCUT2D eigenvalue weighted by atomic mass is 35.5. The number of amides is 4. The molecule has 31 heteroatoms. The number of alkyl halides is 5. The molecule has 0 aliphatic heterocycles. The first-order valence-electron chi connectivity index (χ1n) is 16.4. The summed E-state index contributed by atoms with van der Waals surface area (Å²) in [6.45, 7) is 8.00. The van der Waals surface area contributed by atoms with Gasteiger partial charge in [0.25, 0.3) is 6.43 Å². The second kappa shape index (κ2) is 27.8. The standard InChI is InChI=1S/C13H12ClF2N5O6S2.C13H13F2N5O6S2.2C2H6/c1-25-12-18-9(13(14,15)16)17-10(20-12)19-11(22)21-27-29(24)8-6-4-3-5-7(8)28(23)26-2;1-24-13-17-10(9(14)15)16-11(19-13)18-12(21)20-26-28(23)8-6-4-3-5-7(8)27(22)25-2;2*1-2/h3-6H,1-2H3,(H2,17,18,19,20,21,22);3-6,9H,1-2H3,(H2,16,17,18,19,20,21);2*1-2H3. The van der Waals surface area contributed by atoms with Crippen LogP contribution in [0.2, 0.25) is 0 Å². The van der Waals surface area contributed by atoms with Crippen molar-refractivity contribution in [2.75, 3.05) is 39.1 Å². The molecule has 2 aromatic carbocycles. The summed E-state index contributed by atoms with van der Waals surface area (Å²) < 4.78 is 128. The molecule has 61 heavy (non-hydrogen) atoms. The Kier molecular flexibility index (Phi) is 24.6. The van der Waals surface area contributed by atoms with Crippen LogP contribution in [0.1, 0.15) is 45.8 Å². The number of halogens is 5. The quantitative estimate of drug-likeness (QED) is 0.0658. The van der Waals surface area contributed by atoms with Crippen molar-refractivity contribution in [1.82, 2.24) is 40.9 Å². The van der Waals surface area contributed by atoms with Crippen LogP contribution < -0.4 is 31.1 Å². The predicted octanol–water partition coefficient (Wildman–Crippen LogP) is 4.93. The molecule has 0 radical (unpaired) electrons. The summed E-state index contributed by atoms with van der Waals surface area (Å²) in [6, 6.07) is 8.31. The van der Waals surface area contributed by atoms with Gasteiger partial charge in [0, 0.05) is 0 Å². The Morgan fingerprint density at radius 2 is 0.967 bits per heavy atom. The number of aromatic nitrogens is 6. The van der Waals surface area contributed by atoms with Crippen LogP contribution in [0.15, 0.2) is 68.1 Å². The fraction of sp³-hybridized carbons (Fsp3) is 0.333. The maximum atomic E-state index is 13.2. The van der Waals surface area contributed by atoms with Gasteiger partial charge in [-0.3, -0.25) is 19.0 Å². The second-order valence-corrected chi connectivity index (χ2v) is 14.3. The van der Waals surface area contributed by atoms with Crippen LogP contribution >= 0.6 is 11.6 Å². The first-order chi connectivity index (χ1) is 29.0. The molecule has 4 rings (SSSR count). The van der Waals surface area contributed by atoms with Gasteiger partial charge in [-0.05, 0) is 35.9 Å². The lowest BCUT2D eigenvalue weighted by Gasteiger charge is -2.11. The van der Waals surface area contributed by atoms with E-state index in [-0.39, 0.29) is 19.6 Å². The molecule has 0 saturated heterocycles. The van der Waals surface area contributed by atoms with Crippen molar-refractivity contribution in [1.29, 1.82) is 0 Å². The lowest BCUT2D eigenvalue weighted by molar-refractivity contribution is 0.0832. The first-order valence-corrected chi connectivity index (χ1v) is 21.1. The summed E-state index contributed by atoms with van der Waals surface area (Å²) in [5.74, 6) is -3.26. The van der Waals surface area contributed by atoms with Crippen molar-refractivity contribution >= 4 is 79.9 Å². The number of rotatable bonds is 16. The first kappa shape index (κ1) is 54.1. The zero-order chi connectivity index (χ0) is 46.3. The van der Waals surface area contributed by atoms with E-state index in [1.54, 1.807) is 17.0 Å². The van der Waals surface area contributed by atoms with Crippen LogP contribution in [-0.2, 0) is 66.6 Å². The molecule has 4 amide bonds. The van der Waals surface area contributed by atoms with Crippen LogP contribution in [0.4, 0.5) is 39.0 Å². The van der Waals surface area contributed by atoms with Crippen molar-refractivity contribution in [2.45, 2.75) is 59.1 Å². The summed E-state index contributed by atoms with van der Waals surface area (Å²) >= 11 is -3.49. The van der Waals surface area contributed by atoms with E-state index in [9.17, 15) is 44.0 Å². The molecule has 0 aliphatic rings. The smallest absolute Gasteiger partial charge is 0.382 e. The number of benzene rings is 2. The van der Waals surface area contributed by atoms with Gasteiger partial charge in [-0.25, -0.2) is 46.2 Å². The van der Waals surface area contributed by atoms with Gasteiger partial charge < -0.3 is 9.47 Å². The van der Waals surface area contributed by atoms with Crippen LogP contribution in [0, 0.1) is 0 Å². The highest BCUT2D eigenvalue weighted by Gasteiger charge is 2.34. The zero-order valence-electron chi connectivity index (χ0n) is 32.8. The number of urea groups is 2. The Labute approximate surface area is 360 Å². The number of anilines is 2.